The molecule has 0 aromatic carbocycles. The number of halogens is 3. The van der Waals surface area contributed by atoms with Gasteiger partial charge in [-0.25, -0.2) is 6.57 Å². The first-order chi connectivity index (χ1) is 6.02. The molecule has 0 fully saturated rings. The molecule has 0 heterocycles. The minimum Gasteiger partial charge on any atom is -0.308 e. The van der Waals surface area contributed by atoms with Gasteiger partial charge >= 0.3 is 15.6 Å². The lowest BCUT2D eigenvalue weighted by atomic mass is 10.1. The average Bonchev–Trinajstić information content (AvgIpc) is 1.99. The SMILES string of the molecule is [C-]#[N+]C(C)(C)COS(=O)(=O)C(F)(F)F. The van der Waals surface area contributed by atoms with Gasteiger partial charge in [-0.15, -0.1) is 0 Å². The summed E-state index contributed by atoms with van der Waals surface area (Å²) in [6, 6.07) is 0. The van der Waals surface area contributed by atoms with E-state index in [4.69, 9.17) is 6.57 Å². The highest BCUT2D eigenvalue weighted by Gasteiger charge is 2.48. The zero-order chi connectivity index (χ0) is 11.6. The predicted molar refractivity (Wildman–Crippen MR) is 41.6 cm³/mol. The van der Waals surface area contributed by atoms with Gasteiger partial charge < -0.3 is 4.85 Å². The summed E-state index contributed by atoms with van der Waals surface area (Å²) in [6.07, 6.45) is 0. The van der Waals surface area contributed by atoms with Crippen LogP contribution < -0.4 is 0 Å². The smallest absolute Gasteiger partial charge is 0.308 e. The molecule has 0 unspecified atom stereocenters. The third-order valence-corrected chi connectivity index (χ3v) is 2.15. The van der Waals surface area contributed by atoms with Crippen molar-refractivity contribution in [3.05, 3.63) is 11.4 Å². The monoisotopic (exact) mass is 231 g/mol. The topological polar surface area (TPSA) is 47.7 Å². The molecule has 0 atom stereocenters. The van der Waals surface area contributed by atoms with Crippen LogP contribution in [0.1, 0.15) is 13.8 Å². The lowest BCUT2D eigenvalue weighted by molar-refractivity contribution is -0.0547. The van der Waals surface area contributed by atoms with E-state index in [1.807, 2.05) is 0 Å². The van der Waals surface area contributed by atoms with E-state index >= 15 is 0 Å². The Balaban J connectivity index is 4.53. The maximum atomic E-state index is 11.7. The van der Waals surface area contributed by atoms with E-state index in [2.05, 4.69) is 9.03 Å². The maximum absolute atomic E-state index is 11.7. The van der Waals surface area contributed by atoms with Crippen LogP contribution in [0.25, 0.3) is 4.85 Å². The molecule has 0 aromatic rings. The van der Waals surface area contributed by atoms with Crippen LogP contribution in [0.15, 0.2) is 0 Å². The molecule has 14 heavy (non-hydrogen) atoms. The van der Waals surface area contributed by atoms with Crippen LogP contribution in [-0.4, -0.2) is 26.1 Å². The standard InChI is InChI=1S/C6H8F3NO3S/c1-5(2,10-3)4-13-14(11,12)6(7,8)9/h4H2,1-2H3. The Bertz CT molecular complexity index is 338. The minimum atomic E-state index is -5.58. The second-order valence-electron chi connectivity index (χ2n) is 3.09. The van der Waals surface area contributed by atoms with Crippen LogP contribution in [0.2, 0.25) is 0 Å². The van der Waals surface area contributed by atoms with Crippen LogP contribution >= 0.6 is 0 Å². The van der Waals surface area contributed by atoms with Gasteiger partial charge in [0.05, 0.1) is 0 Å². The van der Waals surface area contributed by atoms with Gasteiger partial charge in [0.15, 0.2) is 0 Å². The van der Waals surface area contributed by atoms with Crippen molar-refractivity contribution in [2.45, 2.75) is 24.9 Å². The van der Waals surface area contributed by atoms with Crippen LogP contribution in [0.4, 0.5) is 13.2 Å². The molecule has 0 aliphatic heterocycles. The maximum Gasteiger partial charge on any atom is 0.523 e. The van der Waals surface area contributed by atoms with Gasteiger partial charge in [0.2, 0.25) is 0 Å². The molecule has 4 nitrogen and oxygen atoms in total. The third kappa shape index (κ3) is 3.51. The van der Waals surface area contributed by atoms with Gasteiger partial charge in [0, 0.05) is 13.8 Å². The van der Waals surface area contributed by atoms with E-state index in [0.717, 1.165) is 0 Å². The Hall–Kier alpha value is -0.810. The molecule has 0 saturated heterocycles. The highest BCUT2D eigenvalue weighted by molar-refractivity contribution is 7.87. The van der Waals surface area contributed by atoms with E-state index in [9.17, 15) is 21.6 Å². The number of rotatable bonds is 3. The van der Waals surface area contributed by atoms with Gasteiger partial charge in [-0.2, -0.15) is 21.6 Å². The first-order valence-corrected chi connectivity index (χ1v) is 4.77. The highest BCUT2D eigenvalue weighted by atomic mass is 32.2. The van der Waals surface area contributed by atoms with Crippen molar-refractivity contribution in [1.82, 2.24) is 0 Å². The summed E-state index contributed by atoms with van der Waals surface area (Å²) >= 11 is 0. The van der Waals surface area contributed by atoms with E-state index in [1.165, 1.54) is 13.8 Å². The molecule has 0 amide bonds. The summed E-state index contributed by atoms with van der Waals surface area (Å²) in [5.74, 6) is 0. The van der Waals surface area contributed by atoms with Crippen molar-refractivity contribution in [1.29, 1.82) is 0 Å². The second-order valence-corrected chi connectivity index (χ2v) is 4.69. The molecule has 0 aliphatic rings. The molecular formula is C6H8F3NO3S. The summed E-state index contributed by atoms with van der Waals surface area (Å²) in [7, 11) is -5.58. The molecule has 0 bridgehead atoms. The molecule has 0 spiro atoms. The van der Waals surface area contributed by atoms with Crippen molar-refractivity contribution < 1.29 is 25.8 Å². The summed E-state index contributed by atoms with van der Waals surface area (Å²) in [5, 5.41) is 0. The fourth-order valence-electron chi connectivity index (χ4n) is 0.321. The molecule has 82 valence electrons. The number of hydrogen-bond donors (Lipinski definition) is 0. The van der Waals surface area contributed by atoms with Gasteiger partial charge in [-0.05, 0) is 0 Å². The molecular weight excluding hydrogens is 223 g/mol. The largest absolute Gasteiger partial charge is 0.523 e. The van der Waals surface area contributed by atoms with Crippen molar-refractivity contribution in [3.8, 4) is 0 Å². The van der Waals surface area contributed by atoms with Crippen LogP contribution in [0.3, 0.4) is 0 Å². The van der Waals surface area contributed by atoms with Crippen molar-refractivity contribution >= 4 is 10.1 Å². The zero-order valence-electron chi connectivity index (χ0n) is 7.42. The van der Waals surface area contributed by atoms with Crippen molar-refractivity contribution in [2.24, 2.45) is 0 Å². The van der Waals surface area contributed by atoms with Crippen molar-refractivity contribution in [2.75, 3.05) is 6.61 Å². The van der Waals surface area contributed by atoms with E-state index in [0.29, 0.717) is 0 Å². The van der Waals surface area contributed by atoms with Crippen LogP contribution in [0.5, 0.6) is 0 Å². The fraction of sp³-hybridized carbons (Fsp3) is 0.833. The van der Waals surface area contributed by atoms with Crippen LogP contribution in [0, 0.1) is 6.57 Å². The number of hydrogen-bond acceptors (Lipinski definition) is 3. The summed E-state index contributed by atoms with van der Waals surface area (Å²) in [6.45, 7) is 8.26. The minimum absolute atomic E-state index is 0.821. The summed E-state index contributed by atoms with van der Waals surface area (Å²) in [5.41, 5.74) is -6.73. The van der Waals surface area contributed by atoms with E-state index in [-0.39, 0.29) is 0 Å². The first kappa shape index (κ1) is 13.2. The van der Waals surface area contributed by atoms with Gasteiger partial charge in [0.25, 0.3) is 5.54 Å². The Morgan fingerprint density at radius 1 is 1.36 bits per heavy atom. The van der Waals surface area contributed by atoms with Gasteiger partial charge in [-0.1, -0.05) is 0 Å². The van der Waals surface area contributed by atoms with Crippen molar-refractivity contribution in [3.63, 3.8) is 0 Å². The van der Waals surface area contributed by atoms with E-state index < -0.39 is 27.8 Å². The van der Waals surface area contributed by atoms with Gasteiger partial charge in [0.1, 0.15) is 6.61 Å². The Morgan fingerprint density at radius 2 is 1.79 bits per heavy atom. The summed E-state index contributed by atoms with van der Waals surface area (Å²) < 4.78 is 59.6. The Morgan fingerprint density at radius 3 is 2.07 bits per heavy atom. The highest BCUT2D eigenvalue weighted by Crippen LogP contribution is 2.25. The molecule has 0 rings (SSSR count). The Labute approximate surface area is 79.6 Å². The third-order valence-electron chi connectivity index (χ3n) is 1.15. The van der Waals surface area contributed by atoms with Gasteiger partial charge in [-0.3, -0.25) is 4.18 Å². The molecule has 0 aliphatic carbocycles. The number of alkyl halides is 3. The molecule has 8 heteroatoms. The number of nitrogens with zero attached hydrogens (tertiary/aromatic N) is 1. The van der Waals surface area contributed by atoms with Crippen LogP contribution in [-0.2, 0) is 14.3 Å². The molecule has 0 radical (unpaired) electrons. The second kappa shape index (κ2) is 3.74. The van der Waals surface area contributed by atoms with E-state index in [1.54, 1.807) is 0 Å². The molecule has 0 N–H and O–H groups in total. The zero-order valence-corrected chi connectivity index (χ0v) is 8.24. The molecule has 0 saturated carbocycles. The quantitative estimate of drug-likeness (QED) is 0.420. The Kier molecular flexibility index (Phi) is 3.53. The fourth-order valence-corrected chi connectivity index (χ4v) is 0.898. The predicted octanol–water partition coefficient (Wildman–Crippen LogP) is 1.55. The molecule has 0 aromatic heterocycles. The summed E-state index contributed by atoms with van der Waals surface area (Å²) in [4.78, 5) is 2.90. The lowest BCUT2D eigenvalue weighted by Gasteiger charge is -2.12. The lowest BCUT2D eigenvalue weighted by Crippen LogP contribution is -2.31. The normalized spacial score (nSPS) is 13.7. The average molecular weight is 231 g/mol. The first-order valence-electron chi connectivity index (χ1n) is 3.36.